The molecule has 27 heavy (non-hydrogen) atoms. The van der Waals surface area contributed by atoms with Crippen molar-refractivity contribution in [2.45, 2.75) is 6.54 Å². The van der Waals surface area contributed by atoms with E-state index in [0.717, 1.165) is 4.31 Å². The summed E-state index contributed by atoms with van der Waals surface area (Å²) < 4.78 is 39.5. The summed E-state index contributed by atoms with van der Waals surface area (Å²) in [6.45, 7) is -0.191. The number of nitro groups is 1. The summed E-state index contributed by atoms with van der Waals surface area (Å²) in [5.74, 6) is 0.537. The number of methoxy groups -OCH3 is 1. The second-order valence-electron chi connectivity index (χ2n) is 5.73. The van der Waals surface area contributed by atoms with Gasteiger partial charge in [0.15, 0.2) is 0 Å². The van der Waals surface area contributed by atoms with Crippen molar-refractivity contribution in [3.63, 3.8) is 0 Å². The predicted octanol–water partition coefficient (Wildman–Crippen LogP) is 3.57. The van der Waals surface area contributed by atoms with E-state index in [4.69, 9.17) is 4.74 Å². The highest BCUT2D eigenvalue weighted by Gasteiger charge is 2.22. The summed E-state index contributed by atoms with van der Waals surface area (Å²) in [6, 6.07) is 15.6. The van der Waals surface area contributed by atoms with E-state index in [1.807, 2.05) is 0 Å². The van der Waals surface area contributed by atoms with Crippen molar-refractivity contribution >= 4 is 32.5 Å². The SMILES string of the molecule is COc1ccc(N(Cc2ccc([N+](=O)[O-])c3ccccc23)S(=O)(=O)O)cc1. The topological polar surface area (TPSA) is 110 Å². The lowest BCUT2D eigenvalue weighted by Crippen LogP contribution is -2.29. The van der Waals surface area contributed by atoms with E-state index in [1.165, 1.54) is 31.4 Å². The van der Waals surface area contributed by atoms with Gasteiger partial charge in [0, 0.05) is 6.07 Å². The third-order valence-corrected chi connectivity index (χ3v) is 5.04. The molecule has 0 heterocycles. The molecule has 0 unspecified atom stereocenters. The fourth-order valence-electron chi connectivity index (χ4n) is 2.85. The van der Waals surface area contributed by atoms with Crippen LogP contribution in [-0.4, -0.2) is 25.0 Å². The number of non-ortho nitro benzene ring substituents is 1. The Labute approximate surface area is 155 Å². The summed E-state index contributed by atoms with van der Waals surface area (Å²) in [6.07, 6.45) is 0. The average Bonchev–Trinajstić information content (AvgIpc) is 2.65. The molecule has 9 heteroatoms. The highest BCUT2D eigenvalue weighted by atomic mass is 32.2. The van der Waals surface area contributed by atoms with E-state index >= 15 is 0 Å². The quantitative estimate of drug-likeness (QED) is 0.393. The Hall–Kier alpha value is -3.17. The van der Waals surface area contributed by atoms with Crippen LogP contribution in [-0.2, 0) is 16.8 Å². The molecule has 3 aromatic carbocycles. The minimum Gasteiger partial charge on any atom is -0.497 e. The number of rotatable bonds is 6. The van der Waals surface area contributed by atoms with Gasteiger partial charge in [0.05, 0.1) is 29.7 Å². The first-order chi connectivity index (χ1) is 12.8. The Bertz CT molecular complexity index is 1100. The van der Waals surface area contributed by atoms with Crippen LogP contribution in [0.3, 0.4) is 0 Å². The number of benzene rings is 3. The molecule has 0 amide bonds. The zero-order valence-corrected chi connectivity index (χ0v) is 15.1. The van der Waals surface area contributed by atoms with Crippen molar-refractivity contribution in [1.82, 2.24) is 0 Å². The van der Waals surface area contributed by atoms with Gasteiger partial charge in [-0.05, 0) is 47.3 Å². The molecule has 0 bridgehead atoms. The third-order valence-electron chi connectivity index (χ3n) is 4.14. The second kappa shape index (κ2) is 7.22. The molecule has 0 saturated heterocycles. The molecule has 1 N–H and O–H groups in total. The number of anilines is 1. The van der Waals surface area contributed by atoms with E-state index in [1.54, 1.807) is 36.4 Å². The van der Waals surface area contributed by atoms with Gasteiger partial charge in [-0.2, -0.15) is 8.42 Å². The molecule has 0 aliphatic heterocycles. The zero-order chi connectivity index (χ0) is 19.6. The van der Waals surface area contributed by atoms with Crippen LogP contribution in [0.15, 0.2) is 60.7 Å². The van der Waals surface area contributed by atoms with E-state index < -0.39 is 15.2 Å². The second-order valence-corrected chi connectivity index (χ2v) is 7.07. The molecule has 0 atom stereocenters. The maximum atomic E-state index is 11.9. The van der Waals surface area contributed by atoms with Gasteiger partial charge < -0.3 is 4.74 Å². The number of hydrogen-bond donors (Lipinski definition) is 1. The summed E-state index contributed by atoms with van der Waals surface area (Å²) in [5.41, 5.74) is 0.683. The van der Waals surface area contributed by atoms with Crippen molar-refractivity contribution < 1.29 is 22.6 Å². The molecule has 0 aliphatic rings. The molecular formula is C18H16N2O6S. The van der Waals surface area contributed by atoms with Crippen LogP contribution in [0.25, 0.3) is 10.8 Å². The van der Waals surface area contributed by atoms with Gasteiger partial charge in [0.25, 0.3) is 5.69 Å². The zero-order valence-electron chi connectivity index (χ0n) is 14.3. The minimum absolute atomic E-state index is 0.0720. The van der Waals surface area contributed by atoms with Gasteiger partial charge in [-0.3, -0.25) is 14.7 Å². The molecule has 3 rings (SSSR count). The lowest BCUT2D eigenvalue weighted by Gasteiger charge is -2.22. The first kappa shape index (κ1) is 18.6. The fourth-order valence-corrected chi connectivity index (χ4v) is 3.54. The monoisotopic (exact) mass is 388 g/mol. The van der Waals surface area contributed by atoms with Crippen molar-refractivity contribution in [3.05, 3.63) is 76.3 Å². The Kier molecular flexibility index (Phi) is 4.98. The Morgan fingerprint density at radius 1 is 1.04 bits per heavy atom. The van der Waals surface area contributed by atoms with Crippen LogP contribution in [0.2, 0.25) is 0 Å². The smallest absolute Gasteiger partial charge is 0.360 e. The van der Waals surface area contributed by atoms with E-state index in [2.05, 4.69) is 0 Å². The molecule has 0 radical (unpaired) electrons. The number of fused-ring (bicyclic) bond motifs is 1. The normalized spacial score (nSPS) is 11.3. The maximum absolute atomic E-state index is 11.9. The van der Waals surface area contributed by atoms with Gasteiger partial charge in [0.2, 0.25) is 0 Å². The Balaban J connectivity index is 2.09. The van der Waals surface area contributed by atoms with Gasteiger partial charge in [0.1, 0.15) is 5.75 Å². The van der Waals surface area contributed by atoms with E-state index in [0.29, 0.717) is 22.1 Å². The average molecular weight is 388 g/mol. The van der Waals surface area contributed by atoms with Crippen molar-refractivity contribution in [1.29, 1.82) is 0 Å². The molecule has 0 aliphatic carbocycles. The first-order valence-electron chi connectivity index (χ1n) is 7.85. The Morgan fingerprint density at radius 2 is 1.67 bits per heavy atom. The number of ether oxygens (including phenoxy) is 1. The highest BCUT2D eigenvalue weighted by molar-refractivity contribution is 7.87. The van der Waals surface area contributed by atoms with Gasteiger partial charge in [-0.15, -0.1) is 0 Å². The summed E-state index contributed by atoms with van der Waals surface area (Å²) >= 11 is 0. The van der Waals surface area contributed by atoms with Crippen LogP contribution in [0.4, 0.5) is 11.4 Å². The molecule has 0 aromatic heterocycles. The summed E-state index contributed by atoms with van der Waals surface area (Å²) in [5, 5.41) is 12.2. The van der Waals surface area contributed by atoms with Crippen LogP contribution in [0.5, 0.6) is 5.75 Å². The fraction of sp³-hybridized carbons (Fsp3) is 0.111. The molecule has 140 valence electrons. The standard InChI is InChI=1S/C18H16N2O6S/c1-26-15-9-7-14(8-10-15)19(27(23,24)25)12-13-6-11-18(20(21)22)17-5-3-2-4-16(13)17/h2-11H,12H2,1H3,(H,23,24,25). The maximum Gasteiger partial charge on any atom is 0.360 e. The Morgan fingerprint density at radius 3 is 2.22 bits per heavy atom. The molecule has 3 aromatic rings. The predicted molar refractivity (Wildman–Crippen MR) is 101 cm³/mol. The van der Waals surface area contributed by atoms with Gasteiger partial charge >= 0.3 is 10.3 Å². The molecule has 0 saturated carbocycles. The molecule has 0 spiro atoms. The van der Waals surface area contributed by atoms with E-state index in [9.17, 15) is 23.1 Å². The first-order valence-corrected chi connectivity index (χ1v) is 9.25. The largest absolute Gasteiger partial charge is 0.497 e. The summed E-state index contributed by atoms with van der Waals surface area (Å²) in [4.78, 5) is 10.7. The lowest BCUT2D eigenvalue weighted by atomic mass is 10.0. The molecular weight excluding hydrogens is 372 g/mol. The highest BCUT2D eigenvalue weighted by Crippen LogP contribution is 2.31. The summed E-state index contributed by atoms with van der Waals surface area (Å²) in [7, 11) is -3.09. The van der Waals surface area contributed by atoms with Gasteiger partial charge in [-0.25, -0.2) is 4.31 Å². The van der Waals surface area contributed by atoms with Crippen LogP contribution >= 0.6 is 0 Å². The van der Waals surface area contributed by atoms with Crippen molar-refractivity contribution in [3.8, 4) is 5.75 Å². The number of hydrogen-bond acceptors (Lipinski definition) is 5. The van der Waals surface area contributed by atoms with E-state index in [-0.39, 0.29) is 17.9 Å². The lowest BCUT2D eigenvalue weighted by molar-refractivity contribution is -0.383. The minimum atomic E-state index is -4.57. The van der Waals surface area contributed by atoms with Crippen LogP contribution in [0, 0.1) is 10.1 Å². The van der Waals surface area contributed by atoms with Crippen molar-refractivity contribution in [2.75, 3.05) is 11.4 Å². The van der Waals surface area contributed by atoms with Crippen LogP contribution in [0.1, 0.15) is 5.56 Å². The number of nitro benzene ring substituents is 1. The van der Waals surface area contributed by atoms with Gasteiger partial charge in [-0.1, -0.05) is 18.2 Å². The van der Waals surface area contributed by atoms with Crippen LogP contribution < -0.4 is 9.04 Å². The number of nitrogens with zero attached hydrogens (tertiary/aromatic N) is 2. The molecule has 8 nitrogen and oxygen atoms in total. The molecule has 0 fully saturated rings. The van der Waals surface area contributed by atoms with Crippen molar-refractivity contribution in [2.24, 2.45) is 0 Å². The third kappa shape index (κ3) is 3.83.